The van der Waals surface area contributed by atoms with Gasteiger partial charge in [0.15, 0.2) is 0 Å². The molecule has 7 heteroatoms. The number of rotatable bonds is 6. The largest absolute Gasteiger partial charge is 0.462 e. The molecular weight excluding hydrogens is 358 g/mol. The van der Waals surface area contributed by atoms with Crippen LogP contribution in [0.4, 0.5) is 11.6 Å². The molecule has 5 nitrogen and oxygen atoms in total. The Hall–Kier alpha value is -2.00. The fraction of sp³-hybridized carbons (Fsp3) is 0.421. The van der Waals surface area contributed by atoms with Crippen molar-refractivity contribution in [3.63, 3.8) is 0 Å². The number of hydrogen-bond acceptors (Lipinski definition) is 5. The van der Waals surface area contributed by atoms with Crippen molar-refractivity contribution in [1.82, 2.24) is 9.97 Å². The molecule has 0 saturated carbocycles. The molecule has 1 aromatic heterocycles. The molecule has 26 heavy (non-hydrogen) atoms. The van der Waals surface area contributed by atoms with Crippen LogP contribution in [-0.2, 0) is 4.74 Å². The van der Waals surface area contributed by atoms with Crippen molar-refractivity contribution < 1.29 is 9.53 Å². The summed E-state index contributed by atoms with van der Waals surface area (Å²) in [5.41, 5.74) is 1.36. The van der Waals surface area contributed by atoms with Gasteiger partial charge in [0.2, 0.25) is 5.95 Å². The van der Waals surface area contributed by atoms with Gasteiger partial charge in [0.25, 0.3) is 0 Å². The lowest BCUT2D eigenvalue weighted by Gasteiger charge is -2.24. The number of aromatic nitrogens is 2. The topological polar surface area (TPSA) is 64.1 Å². The van der Waals surface area contributed by atoms with Crippen LogP contribution in [0.25, 0.3) is 0 Å². The first-order valence-electron chi connectivity index (χ1n) is 8.93. The third-order valence-electron chi connectivity index (χ3n) is 4.08. The number of benzene rings is 1. The zero-order chi connectivity index (χ0) is 19.5. The number of carbonyl (C=O) groups is 1. The molecule has 1 aromatic carbocycles. The minimum Gasteiger partial charge on any atom is -0.462 e. The Labute approximate surface area is 158 Å². The summed E-state index contributed by atoms with van der Waals surface area (Å²) in [5, 5.41) is 6.14. The van der Waals surface area contributed by atoms with Crippen molar-refractivity contribution in [2.24, 2.45) is 0 Å². The Kier molecular flexibility index (Phi) is 6.03. The monoisotopic (exact) mass is 387 g/mol. The highest BCUT2D eigenvalue weighted by Crippen LogP contribution is 2.15. The second-order valence-electron chi connectivity index (χ2n) is 8.44. The van der Waals surface area contributed by atoms with Gasteiger partial charge in [0, 0.05) is 18.1 Å². The van der Waals surface area contributed by atoms with Gasteiger partial charge in [-0.15, -0.1) is 0 Å². The lowest BCUT2D eigenvalue weighted by Crippen LogP contribution is -2.45. The van der Waals surface area contributed by atoms with Gasteiger partial charge in [-0.05, 0) is 19.1 Å². The van der Waals surface area contributed by atoms with Gasteiger partial charge in [-0.3, -0.25) is 0 Å². The molecule has 0 radical (unpaired) electrons. The third-order valence-corrected chi connectivity index (χ3v) is 8.13. The number of carbonyl (C=O) groups excluding carboxylic acids is 1. The average molecular weight is 388 g/mol. The Morgan fingerprint density at radius 1 is 0.962 bits per heavy atom. The molecule has 0 unspecified atom stereocenters. The van der Waals surface area contributed by atoms with E-state index in [4.69, 9.17) is 4.74 Å². The fourth-order valence-corrected chi connectivity index (χ4v) is 4.91. The molecule has 1 heterocycles. The van der Waals surface area contributed by atoms with Crippen LogP contribution in [-0.4, -0.2) is 38.7 Å². The van der Waals surface area contributed by atoms with Crippen LogP contribution >= 0.6 is 0 Å². The zero-order valence-electron chi connectivity index (χ0n) is 16.8. The van der Waals surface area contributed by atoms with Crippen LogP contribution in [0.15, 0.2) is 30.6 Å². The minimum atomic E-state index is -1.44. The molecular formula is C19H29N3O2Si2. The molecule has 0 aliphatic carbocycles. The van der Waals surface area contributed by atoms with Crippen molar-refractivity contribution >= 4 is 44.1 Å². The second-order valence-corrected chi connectivity index (χ2v) is 18.6. The number of nitrogens with one attached hydrogen (secondary N) is 1. The SMILES string of the molecule is CCOC(=O)c1cnc(Nc2cc([Si](C)(C)C)cc([Si](C)(C)C)c2)nc1. The van der Waals surface area contributed by atoms with Gasteiger partial charge in [-0.25, -0.2) is 14.8 Å². The average Bonchev–Trinajstić information content (AvgIpc) is 2.54. The summed E-state index contributed by atoms with van der Waals surface area (Å²) in [6.45, 7) is 16.2. The van der Waals surface area contributed by atoms with E-state index in [0.717, 1.165) is 5.69 Å². The van der Waals surface area contributed by atoms with E-state index < -0.39 is 22.1 Å². The molecule has 0 aliphatic heterocycles. The van der Waals surface area contributed by atoms with Crippen LogP contribution in [0, 0.1) is 0 Å². The Bertz CT molecular complexity index is 747. The van der Waals surface area contributed by atoms with E-state index in [0.29, 0.717) is 18.1 Å². The van der Waals surface area contributed by atoms with Crippen LogP contribution in [0.3, 0.4) is 0 Å². The van der Waals surface area contributed by atoms with Gasteiger partial charge >= 0.3 is 5.97 Å². The van der Waals surface area contributed by atoms with Crippen molar-refractivity contribution in [3.05, 3.63) is 36.2 Å². The molecule has 140 valence electrons. The smallest absolute Gasteiger partial charge is 0.341 e. The van der Waals surface area contributed by atoms with Gasteiger partial charge in [-0.2, -0.15) is 0 Å². The lowest BCUT2D eigenvalue weighted by molar-refractivity contribution is 0.0525. The summed E-state index contributed by atoms with van der Waals surface area (Å²) in [6.07, 6.45) is 2.99. The predicted molar refractivity (Wildman–Crippen MR) is 114 cm³/mol. The summed E-state index contributed by atoms with van der Waals surface area (Å²) >= 11 is 0. The molecule has 0 saturated heterocycles. The lowest BCUT2D eigenvalue weighted by atomic mass is 10.3. The maximum absolute atomic E-state index is 11.7. The van der Waals surface area contributed by atoms with Crippen molar-refractivity contribution in [2.45, 2.75) is 46.2 Å². The van der Waals surface area contributed by atoms with Gasteiger partial charge in [-0.1, -0.05) is 55.7 Å². The number of ether oxygens (including phenoxy) is 1. The van der Waals surface area contributed by atoms with Crippen LogP contribution in [0.2, 0.25) is 39.3 Å². The van der Waals surface area contributed by atoms with Crippen molar-refractivity contribution in [2.75, 3.05) is 11.9 Å². The first-order chi connectivity index (χ1) is 12.0. The van der Waals surface area contributed by atoms with E-state index >= 15 is 0 Å². The number of anilines is 2. The van der Waals surface area contributed by atoms with Gasteiger partial charge in [0.1, 0.15) is 0 Å². The maximum Gasteiger partial charge on any atom is 0.341 e. The van der Waals surface area contributed by atoms with E-state index in [2.05, 4.69) is 72.8 Å². The summed E-state index contributed by atoms with van der Waals surface area (Å²) in [6, 6.07) is 6.80. The van der Waals surface area contributed by atoms with Crippen LogP contribution in [0.5, 0.6) is 0 Å². The molecule has 0 spiro atoms. The standard InChI is InChI=1S/C19H29N3O2Si2/c1-8-24-18(23)14-12-20-19(21-13-14)22-15-9-16(25(2,3)4)11-17(10-15)26(5,6)7/h9-13H,8H2,1-7H3,(H,20,21,22). The molecule has 0 amide bonds. The van der Waals surface area contributed by atoms with E-state index in [-0.39, 0.29) is 0 Å². The van der Waals surface area contributed by atoms with E-state index in [1.54, 1.807) is 6.92 Å². The molecule has 0 aliphatic rings. The number of hydrogen-bond donors (Lipinski definition) is 1. The van der Waals surface area contributed by atoms with E-state index in [1.807, 2.05) is 0 Å². The predicted octanol–water partition coefficient (Wildman–Crippen LogP) is 3.49. The number of nitrogens with zero attached hydrogens (tertiary/aromatic N) is 2. The summed E-state index contributed by atoms with van der Waals surface area (Å²) in [4.78, 5) is 20.2. The second kappa shape index (κ2) is 7.71. The van der Waals surface area contributed by atoms with E-state index in [9.17, 15) is 4.79 Å². The van der Waals surface area contributed by atoms with Crippen LogP contribution in [0.1, 0.15) is 17.3 Å². The summed E-state index contributed by atoms with van der Waals surface area (Å²) < 4.78 is 4.96. The number of esters is 1. The Morgan fingerprint density at radius 3 is 1.88 bits per heavy atom. The van der Waals surface area contributed by atoms with Crippen molar-refractivity contribution in [1.29, 1.82) is 0 Å². The Balaban J connectivity index is 2.32. The molecule has 2 aromatic rings. The highest BCUT2D eigenvalue weighted by Gasteiger charge is 2.23. The zero-order valence-corrected chi connectivity index (χ0v) is 18.8. The molecule has 0 bridgehead atoms. The highest BCUT2D eigenvalue weighted by atomic mass is 28.3. The van der Waals surface area contributed by atoms with Crippen molar-refractivity contribution in [3.8, 4) is 0 Å². The Morgan fingerprint density at radius 2 is 1.46 bits per heavy atom. The molecule has 2 rings (SSSR count). The highest BCUT2D eigenvalue weighted by molar-refractivity contribution is 6.91. The molecule has 0 atom stereocenters. The fourth-order valence-electron chi connectivity index (χ4n) is 2.41. The molecule has 1 N–H and O–H groups in total. The van der Waals surface area contributed by atoms with Crippen LogP contribution < -0.4 is 15.7 Å². The van der Waals surface area contributed by atoms with E-state index in [1.165, 1.54) is 22.8 Å². The van der Waals surface area contributed by atoms with Gasteiger partial charge in [0.05, 0.1) is 28.3 Å². The van der Waals surface area contributed by atoms with Gasteiger partial charge < -0.3 is 10.1 Å². The first-order valence-corrected chi connectivity index (χ1v) is 15.9. The maximum atomic E-state index is 11.7. The summed E-state index contributed by atoms with van der Waals surface area (Å²) in [5.74, 6) is 0.0769. The summed E-state index contributed by atoms with van der Waals surface area (Å²) in [7, 11) is -2.89. The normalized spacial score (nSPS) is 12.0. The first kappa shape index (κ1) is 20.3. The molecule has 0 fully saturated rings. The third kappa shape index (κ3) is 5.25. The quantitative estimate of drug-likeness (QED) is 0.607. The minimum absolute atomic E-state index is 0.335.